The van der Waals surface area contributed by atoms with E-state index in [4.69, 9.17) is 16.3 Å². The number of halogens is 1. The van der Waals surface area contributed by atoms with E-state index in [1.54, 1.807) is 36.3 Å². The van der Waals surface area contributed by atoms with Crippen molar-refractivity contribution in [3.8, 4) is 5.75 Å². The number of piperazine rings is 1. The SMILES string of the molecule is COc1ccc(C(O)C(=O)N2CCN(Cc3ccc(Cl)cc3)CC2)cc1. The van der Waals surface area contributed by atoms with Gasteiger partial charge >= 0.3 is 0 Å². The van der Waals surface area contributed by atoms with Gasteiger partial charge in [-0.3, -0.25) is 9.69 Å². The maximum atomic E-state index is 12.6. The number of carbonyl (C=O) groups excluding carboxylic acids is 1. The van der Waals surface area contributed by atoms with E-state index in [-0.39, 0.29) is 5.91 Å². The van der Waals surface area contributed by atoms with Crippen molar-refractivity contribution in [3.63, 3.8) is 0 Å². The number of amides is 1. The topological polar surface area (TPSA) is 53.0 Å². The lowest BCUT2D eigenvalue weighted by molar-refractivity contribution is -0.142. The average molecular weight is 375 g/mol. The van der Waals surface area contributed by atoms with Gasteiger partial charge in [-0.2, -0.15) is 0 Å². The Morgan fingerprint density at radius 2 is 1.69 bits per heavy atom. The minimum atomic E-state index is -1.14. The van der Waals surface area contributed by atoms with Crippen LogP contribution in [-0.4, -0.2) is 54.1 Å². The lowest BCUT2D eigenvalue weighted by Gasteiger charge is -2.35. The summed E-state index contributed by atoms with van der Waals surface area (Å²) in [5.74, 6) is 0.450. The molecule has 1 aliphatic heterocycles. The Labute approximate surface area is 158 Å². The van der Waals surface area contributed by atoms with Gasteiger partial charge in [0.05, 0.1) is 7.11 Å². The van der Waals surface area contributed by atoms with Crippen molar-refractivity contribution in [2.24, 2.45) is 0 Å². The number of carbonyl (C=O) groups is 1. The third-order valence-electron chi connectivity index (χ3n) is 4.67. The van der Waals surface area contributed by atoms with Crippen molar-refractivity contribution >= 4 is 17.5 Å². The molecule has 26 heavy (non-hydrogen) atoms. The number of aliphatic hydroxyl groups is 1. The van der Waals surface area contributed by atoms with Gasteiger partial charge in [-0.1, -0.05) is 35.9 Å². The number of hydrogen-bond acceptors (Lipinski definition) is 4. The standard InChI is InChI=1S/C20H23ClN2O3/c1-26-18-8-4-16(5-9-18)19(24)20(25)23-12-10-22(11-13-23)14-15-2-6-17(21)7-3-15/h2-9,19,24H,10-14H2,1H3. The summed E-state index contributed by atoms with van der Waals surface area (Å²) in [5, 5.41) is 11.1. The molecule has 6 heteroatoms. The molecule has 138 valence electrons. The summed E-state index contributed by atoms with van der Waals surface area (Å²) >= 11 is 5.92. The quantitative estimate of drug-likeness (QED) is 0.874. The van der Waals surface area contributed by atoms with Crippen molar-refractivity contribution in [1.29, 1.82) is 0 Å². The fraction of sp³-hybridized carbons (Fsp3) is 0.350. The molecule has 2 aromatic carbocycles. The van der Waals surface area contributed by atoms with Crippen LogP contribution < -0.4 is 4.74 Å². The number of nitrogens with zero attached hydrogens (tertiary/aromatic N) is 2. The van der Waals surface area contributed by atoms with Crippen LogP contribution in [0, 0.1) is 0 Å². The molecule has 1 unspecified atom stereocenters. The van der Waals surface area contributed by atoms with E-state index < -0.39 is 6.10 Å². The Hall–Kier alpha value is -2.08. The number of ether oxygens (including phenoxy) is 1. The first-order valence-corrected chi connectivity index (χ1v) is 9.02. The van der Waals surface area contributed by atoms with Crippen LogP contribution in [0.2, 0.25) is 5.02 Å². The molecule has 1 atom stereocenters. The molecule has 0 aliphatic carbocycles. The Balaban J connectivity index is 1.53. The molecule has 0 radical (unpaired) electrons. The third-order valence-corrected chi connectivity index (χ3v) is 4.92. The maximum absolute atomic E-state index is 12.6. The van der Waals surface area contributed by atoms with Crippen molar-refractivity contribution in [2.45, 2.75) is 12.6 Å². The van der Waals surface area contributed by atoms with Crippen molar-refractivity contribution in [2.75, 3.05) is 33.3 Å². The largest absolute Gasteiger partial charge is 0.497 e. The fourth-order valence-corrected chi connectivity index (χ4v) is 3.20. The molecule has 1 saturated heterocycles. The van der Waals surface area contributed by atoms with Gasteiger partial charge in [0.1, 0.15) is 5.75 Å². The number of aliphatic hydroxyl groups excluding tert-OH is 1. The van der Waals surface area contributed by atoms with Gasteiger partial charge in [-0.15, -0.1) is 0 Å². The van der Waals surface area contributed by atoms with Crippen molar-refractivity contribution < 1.29 is 14.6 Å². The molecule has 0 bridgehead atoms. The minimum absolute atomic E-state index is 0.249. The summed E-state index contributed by atoms with van der Waals surface area (Å²) in [6.07, 6.45) is -1.14. The van der Waals surface area contributed by atoms with Crippen LogP contribution in [0.5, 0.6) is 5.75 Å². The zero-order valence-corrected chi connectivity index (χ0v) is 15.5. The minimum Gasteiger partial charge on any atom is -0.497 e. The van der Waals surface area contributed by atoms with Crippen LogP contribution in [0.4, 0.5) is 0 Å². The van der Waals surface area contributed by atoms with Crippen LogP contribution in [0.15, 0.2) is 48.5 Å². The summed E-state index contributed by atoms with van der Waals surface area (Å²) in [5.41, 5.74) is 1.78. The second-order valence-corrected chi connectivity index (χ2v) is 6.84. The first-order chi connectivity index (χ1) is 12.6. The van der Waals surface area contributed by atoms with Gasteiger partial charge in [-0.05, 0) is 35.4 Å². The van der Waals surface area contributed by atoms with Crippen LogP contribution in [0.1, 0.15) is 17.2 Å². The van der Waals surface area contributed by atoms with Gasteiger partial charge in [0.2, 0.25) is 0 Å². The van der Waals surface area contributed by atoms with Crippen molar-refractivity contribution in [3.05, 3.63) is 64.7 Å². The zero-order valence-electron chi connectivity index (χ0n) is 14.8. The summed E-state index contributed by atoms with van der Waals surface area (Å²) < 4.78 is 5.10. The fourth-order valence-electron chi connectivity index (χ4n) is 3.08. The van der Waals surface area contributed by atoms with Crippen LogP contribution >= 0.6 is 11.6 Å². The highest BCUT2D eigenvalue weighted by atomic mass is 35.5. The van der Waals surface area contributed by atoms with E-state index in [0.717, 1.165) is 24.7 Å². The third kappa shape index (κ3) is 4.55. The Morgan fingerprint density at radius 3 is 2.27 bits per heavy atom. The normalized spacial score (nSPS) is 16.3. The van der Waals surface area contributed by atoms with Gasteiger partial charge in [0.15, 0.2) is 6.10 Å². The molecule has 1 fully saturated rings. The van der Waals surface area contributed by atoms with E-state index in [1.807, 2.05) is 24.3 Å². The smallest absolute Gasteiger partial charge is 0.256 e. The van der Waals surface area contributed by atoms with Gasteiger partial charge in [-0.25, -0.2) is 0 Å². The molecule has 1 N–H and O–H groups in total. The lowest BCUT2D eigenvalue weighted by Crippen LogP contribution is -2.49. The Morgan fingerprint density at radius 1 is 1.08 bits per heavy atom. The molecule has 0 spiro atoms. The van der Waals surface area contributed by atoms with Gasteiger partial charge in [0.25, 0.3) is 5.91 Å². The predicted octanol–water partition coefficient (Wildman–Crippen LogP) is 2.73. The van der Waals surface area contributed by atoms with E-state index in [9.17, 15) is 9.90 Å². The predicted molar refractivity (Wildman–Crippen MR) is 101 cm³/mol. The van der Waals surface area contributed by atoms with Gasteiger partial charge in [0, 0.05) is 37.7 Å². The molecule has 3 rings (SSSR count). The van der Waals surface area contributed by atoms with Crippen LogP contribution in [0.25, 0.3) is 0 Å². The van der Waals surface area contributed by atoms with Gasteiger partial charge < -0.3 is 14.7 Å². The van der Waals surface area contributed by atoms with E-state index >= 15 is 0 Å². The highest BCUT2D eigenvalue weighted by Gasteiger charge is 2.27. The molecule has 5 nitrogen and oxygen atoms in total. The highest BCUT2D eigenvalue weighted by Crippen LogP contribution is 2.20. The molecule has 1 aliphatic rings. The van der Waals surface area contributed by atoms with E-state index in [0.29, 0.717) is 24.4 Å². The summed E-state index contributed by atoms with van der Waals surface area (Å²) in [7, 11) is 1.58. The summed E-state index contributed by atoms with van der Waals surface area (Å²) in [6.45, 7) is 3.62. The van der Waals surface area contributed by atoms with Crippen LogP contribution in [-0.2, 0) is 11.3 Å². The molecule has 1 heterocycles. The number of hydrogen-bond donors (Lipinski definition) is 1. The first kappa shape index (κ1) is 18.7. The summed E-state index contributed by atoms with van der Waals surface area (Å²) in [4.78, 5) is 16.6. The molecular weight excluding hydrogens is 352 g/mol. The first-order valence-electron chi connectivity index (χ1n) is 8.64. The molecular formula is C20H23ClN2O3. The average Bonchev–Trinajstić information content (AvgIpc) is 2.69. The van der Waals surface area contributed by atoms with Crippen molar-refractivity contribution in [1.82, 2.24) is 9.80 Å². The molecule has 2 aromatic rings. The second kappa shape index (κ2) is 8.54. The Kier molecular flexibility index (Phi) is 6.14. The number of methoxy groups -OCH3 is 1. The van der Waals surface area contributed by atoms with E-state index in [1.165, 1.54) is 5.56 Å². The lowest BCUT2D eigenvalue weighted by atomic mass is 10.1. The molecule has 1 amide bonds. The molecule has 0 aromatic heterocycles. The number of rotatable bonds is 5. The second-order valence-electron chi connectivity index (χ2n) is 6.40. The molecule has 0 saturated carbocycles. The van der Waals surface area contributed by atoms with E-state index in [2.05, 4.69) is 4.90 Å². The number of benzene rings is 2. The maximum Gasteiger partial charge on any atom is 0.256 e. The zero-order chi connectivity index (χ0) is 18.5. The van der Waals surface area contributed by atoms with Crippen LogP contribution in [0.3, 0.4) is 0 Å². The monoisotopic (exact) mass is 374 g/mol. The summed E-state index contributed by atoms with van der Waals surface area (Å²) in [6, 6.07) is 14.8. The Bertz CT molecular complexity index is 726. The highest BCUT2D eigenvalue weighted by molar-refractivity contribution is 6.30.